The molecule has 6 heteroatoms. The maximum atomic E-state index is 13.9. The van der Waals surface area contributed by atoms with Gasteiger partial charge in [0.15, 0.2) is 0 Å². The summed E-state index contributed by atoms with van der Waals surface area (Å²) in [6, 6.07) is 2.94. The Balaban J connectivity index is 2.38. The molecule has 0 amide bonds. The van der Waals surface area contributed by atoms with Gasteiger partial charge >= 0.3 is 0 Å². The molecule has 0 heterocycles. The zero-order valence-electron chi connectivity index (χ0n) is 12.1. The molecule has 20 heavy (non-hydrogen) atoms. The second-order valence-electron chi connectivity index (χ2n) is 5.46. The van der Waals surface area contributed by atoms with Gasteiger partial charge in [0.2, 0.25) is 10.0 Å². The summed E-state index contributed by atoms with van der Waals surface area (Å²) < 4.78 is 40.4. The third kappa shape index (κ3) is 3.19. The largest absolute Gasteiger partial charge is 0.316 e. The van der Waals surface area contributed by atoms with Crippen molar-refractivity contribution in [3.05, 3.63) is 29.1 Å². The summed E-state index contributed by atoms with van der Waals surface area (Å²) in [5.74, 6) is -0.0171. The molecule has 0 bridgehead atoms. The normalized spacial score (nSPS) is 15.8. The van der Waals surface area contributed by atoms with Gasteiger partial charge in [-0.15, -0.1) is 0 Å². The average Bonchev–Trinajstić information content (AvgIpc) is 3.17. The van der Waals surface area contributed by atoms with E-state index in [2.05, 4.69) is 5.32 Å². The first-order chi connectivity index (χ1) is 9.36. The van der Waals surface area contributed by atoms with Crippen LogP contribution < -0.4 is 5.32 Å². The molecule has 1 fully saturated rings. The molecular weight excluding hydrogens is 279 g/mol. The van der Waals surface area contributed by atoms with Crippen LogP contribution in [0.4, 0.5) is 4.39 Å². The second-order valence-corrected chi connectivity index (χ2v) is 7.47. The summed E-state index contributed by atoms with van der Waals surface area (Å²) in [7, 11) is -0.316. The van der Waals surface area contributed by atoms with Crippen LogP contribution in [0.1, 0.15) is 24.0 Å². The fourth-order valence-electron chi connectivity index (χ4n) is 2.21. The van der Waals surface area contributed by atoms with Crippen LogP contribution in [0.2, 0.25) is 0 Å². The van der Waals surface area contributed by atoms with Gasteiger partial charge < -0.3 is 5.32 Å². The first kappa shape index (κ1) is 15.4. The Labute approximate surface area is 120 Å². The van der Waals surface area contributed by atoms with E-state index < -0.39 is 15.8 Å². The van der Waals surface area contributed by atoms with Gasteiger partial charge in [0.25, 0.3) is 0 Å². The Hall–Kier alpha value is -0.980. The second kappa shape index (κ2) is 5.79. The number of benzene rings is 1. The number of halogens is 1. The molecule has 1 aliphatic rings. The first-order valence-electron chi connectivity index (χ1n) is 6.76. The van der Waals surface area contributed by atoms with E-state index in [1.807, 2.05) is 0 Å². The minimum absolute atomic E-state index is 0.0749. The zero-order valence-corrected chi connectivity index (χ0v) is 12.9. The molecule has 2 rings (SSSR count). The molecule has 0 aromatic heterocycles. The standard InChI is InChI=1S/C14H21FN2O2S/c1-10-13(15)6-12(8-16-2)7-14(10)20(18,19)17(3)9-11-4-5-11/h6-7,11,16H,4-5,8-9H2,1-3H3. The molecule has 1 aromatic rings. The summed E-state index contributed by atoms with van der Waals surface area (Å²) in [5, 5.41) is 2.91. The number of hydrogen-bond acceptors (Lipinski definition) is 3. The van der Waals surface area contributed by atoms with Crippen LogP contribution in [-0.2, 0) is 16.6 Å². The molecule has 0 spiro atoms. The summed E-state index contributed by atoms with van der Waals surface area (Å²) in [5.41, 5.74) is 0.821. The molecule has 0 atom stereocenters. The van der Waals surface area contributed by atoms with Gasteiger partial charge in [-0.25, -0.2) is 17.1 Å². The summed E-state index contributed by atoms with van der Waals surface area (Å²) in [4.78, 5) is 0.0749. The van der Waals surface area contributed by atoms with E-state index in [1.54, 1.807) is 20.2 Å². The lowest BCUT2D eigenvalue weighted by Gasteiger charge is -2.19. The van der Waals surface area contributed by atoms with Crippen LogP contribution >= 0.6 is 0 Å². The molecule has 1 aliphatic carbocycles. The van der Waals surface area contributed by atoms with Gasteiger partial charge in [0, 0.05) is 25.7 Å². The van der Waals surface area contributed by atoms with Crippen molar-refractivity contribution in [1.82, 2.24) is 9.62 Å². The van der Waals surface area contributed by atoms with Crippen LogP contribution in [0.3, 0.4) is 0 Å². The smallest absolute Gasteiger partial charge is 0.243 e. The van der Waals surface area contributed by atoms with Crippen LogP contribution in [0.5, 0.6) is 0 Å². The van der Waals surface area contributed by atoms with Crippen molar-refractivity contribution in [2.45, 2.75) is 31.2 Å². The van der Waals surface area contributed by atoms with Crippen molar-refractivity contribution in [3.8, 4) is 0 Å². The topological polar surface area (TPSA) is 49.4 Å². The average molecular weight is 300 g/mol. The highest BCUT2D eigenvalue weighted by Gasteiger charge is 2.30. The molecule has 0 aliphatic heterocycles. The van der Waals surface area contributed by atoms with Crippen molar-refractivity contribution >= 4 is 10.0 Å². The maximum absolute atomic E-state index is 13.9. The third-order valence-electron chi connectivity index (χ3n) is 3.64. The van der Waals surface area contributed by atoms with E-state index in [1.165, 1.54) is 17.3 Å². The number of rotatable bonds is 6. The van der Waals surface area contributed by atoms with Crippen LogP contribution in [0, 0.1) is 18.7 Å². The number of hydrogen-bond donors (Lipinski definition) is 1. The van der Waals surface area contributed by atoms with E-state index in [9.17, 15) is 12.8 Å². The lowest BCUT2D eigenvalue weighted by molar-refractivity contribution is 0.451. The molecule has 0 saturated heterocycles. The molecule has 4 nitrogen and oxygen atoms in total. The number of nitrogens with zero attached hydrogens (tertiary/aromatic N) is 1. The maximum Gasteiger partial charge on any atom is 0.243 e. The van der Waals surface area contributed by atoms with Gasteiger partial charge in [0.05, 0.1) is 4.90 Å². The Kier molecular flexibility index (Phi) is 4.46. The predicted molar refractivity (Wildman–Crippen MR) is 76.4 cm³/mol. The van der Waals surface area contributed by atoms with Crippen molar-refractivity contribution in [1.29, 1.82) is 0 Å². The fraction of sp³-hybridized carbons (Fsp3) is 0.571. The first-order valence-corrected chi connectivity index (χ1v) is 8.20. The summed E-state index contributed by atoms with van der Waals surface area (Å²) in [6.45, 7) is 2.46. The lowest BCUT2D eigenvalue weighted by Crippen LogP contribution is -2.30. The van der Waals surface area contributed by atoms with Crippen LogP contribution in [0.25, 0.3) is 0 Å². The highest BCUT2D eigenvalue weighted by molar-refractivity contribution is 7.89. The van der Waals surface area contributed by atoms with E-state index in [-0.39, 0.29) is 10.5 Å². The Morgan fingerprint density at radius 2 is 2.05 bits per heavy atom. The zero-order chi connectivity index (χ0) is 14.9. The van der Waals surface area contributed by atoms with Crippen molar-refractivity contribution in [3.63, 3.8) is 0 Å². The van der Waals surface area contributed by atoms with E-state index in [4.69, 9.17) is 0 Å². The van der Waals surface area contributed by atoms with Gasteiger partial charge in [-0.3, -0.25) is 0 Å². The van der Waals surface area contributed by atoms with E-state index >= 15 is 0 Å². The van der Waals surface area contributed by atoms with E-state index in [0.29, 0.717) is 24.6 Å². The van der Waals surface area contributed by atoms with Gasteiger partial charge in [-0.1, -0.05) is 0 Å². The van der Waals surface area contributed by atoms with Crippen LogP contribution in [-0.4, -0.2) is 33.4 Å². The lowest BCUT2D eigenvalue weighted by atomic mass is 10.1. The minimum atomic E-state index is -3.62. The fourth-order valence-corrected chi connectivity index (χ4v) is 3.74. The van der Waals surface area contributed by atoms with Crippen molar-refractivity contribution in [2.75, 3.05) is 20.6 Å². The molecular formula is C14H21FN2O2S. The monoisotopic (exact) mass is 300 g/mol. The Morgan fingerprint density at radius 3 is 2.60 bits per heavy atom. The highest BCUT2D eigenvalue weighted by atomic mass is 32.2. The quantitative estimate of drug-likeness (QED) is 0.873. The Morgan fingerprint density at radius 1 is 1.40 bits per heavy atom. The minimum Gasteiger partial charge on any atom is -0.316 e. The molecule has 1 N–H and O–H groups in total. The highest BCUT2D eigenvalue weighted by Crippen LogP contribution is 2.32. The molecule has 0 unspecified atom stereocenters. The van der Waals surface area contributed by atoms with Gasteiger partial charge in [0.1, 0.15) is 5.82 Å². The van der Waals surface area contributed by atoms with E-state index in [0.717, 1.165) is 12.8 Å². The van der Waals surface area contributed by atoms with Crippen molar-refractivity contribution < 1.29 is 12.8 Å². The van der Waals surface area contributed by atoms with Gasteiger partial charge in [-0.05, 0) is 50.4 Å². The number of sulfonamides is 1. The van der Waals surface area contributed by atoms with Crippen molar-refractivity contribution in [2.24, 2.45) is 5.92 Å². The molecule has 1 saturated carbocycles. The SMILES string of the molecule is CNCc1cc(F)c(C)c(S(=O)(=O)N(C)CC2CC2)c1. The molecule has 112 valence electrons. The number of nitrogens with one attached hydrogen (secondary N) is 1. The summed E-state index contributed by atoms with van der Waals surface area (Å²) >= 11 is 0. The summed E-state index contributed by atoms with van der Waals surface area (Å²) in [6.07, 6.45) is 2.15. The third-order valence-corrected chi connectivity index (χ3v) is 5.59. The Bertz CT molecular complexity index is 597. The predicted octanol–water partition coefficient (Wildman–Crippen LogP) is 1.88. The molecule has 0 radical (unpaired) electrons. The van der Waals surface area contributed by atoms with Crippen LogP contribution in [0.15, 0.2) is 17.0 Å². The molecule has 1 aromatic carbocycles. The van der Waals surface area contributed by atoms with Gasteiger partial charge in [-0.2, -0.15) is 0 Å².